The molecule has 1 atom stereocenters. The molecule has 166 valence electrons. The van der Waals surface area contributed by atoms with Gasteiger partial charge in [0.2, 0.25) is 5.91 Å². The number of carbonyl (C=O) groups excluding carboxylic acids is 3. The number of benzene rings is 1. The molecule has 1 heterocycles. The zero-order valence-electron chi connectivity index (χ0n) is 18.6. The summed E-state index contributed by atoms with van der Waals surface area (Å²) in [6, 6.07) is 8.97. The molecule has 1 aromatic rings. The van der Waals surface area contributed by atoms with Crippen LogP contribution in [0, 0.1) is 5.92 Å². The second-order valence-electron chi connectivity index (χ2n) is 8.96. The first-order valence-corrected chi connectivity index (χ1v) is 10.6. The lowest BCUT2D eigenvalue weighted by Gasteiger charge is -2.33. The summed E-state index contributed by atoms with van der Waals surface area (Å²) in [5, 5.41) is 3.02. The van der Waals surface area contributed by atoms with Crippen molar-refractivity contribution in [2.24, 2.45) is 5.92 Å². The fourth-order valence-corrected chi connectivity index (χ4v) is 3.36. The highest BCUT2D eigenvalue weighted by atomic mass is 16.6. The largest absolute Gasteiger partial charge is 0.463 e. The summed E-state index contributed by atoms with van der Waals surface area (Å²) in [4.78, 5) is 38.9. The van der Waals surface area contributed by atoms with Gasteiger partial charge in [-0.15, -0.1) is 0 Å². The summed E-state index contributed by atoms with van der Waals surface area (Å²) in [6.07, 6.45) is 0.637. The smallest absolute Gasteiger partial charge is 0.410 e. The summed E-state index contributed by atoms with van der Waals surface area (Å²) in [5.74, 6) is -0.667. The molecule has 1 aromatic carbocycles. The Morgan fingerprint density at radius 1 is 1.10 bits per heavy atom. The highest BCUT2D eigenvalue weighted by Crippen LogP contribution is 2.23. The van der Waals surface area contributed by atoms with Gasteiger partial charge in [-0.25, -0.2) is 4.79 Å². The van der Waals surface area contributed by atoms with Crippen molar-refractivity contribution in [2.45, 2.75) is 71.6 Å². The van der Waals surface area contributed by atoms with Crippen LogP contribution >= 0.6 is 0 Å². The van der Waals surface area contributed by atoms with Gasteiger partial charge in [0.1, 0.15) is 5.60 Å². The summed E-state index contributed by atoms with van der Waals surface area (Å²) in [7, 11) is 0. The minimum atomic E-state index is -0.543. The highest BCUT2D eigenvalue weighted by Gasteiger charge is 2.31. The molecule has 0 bridgehead atoms. The lowest BCUT2D eigenvalue weighted by atomic mass is 9.94. The van der Waals surface area contributed by atoms with Gasteiger partial charge in [0.15, 0.2) is 0 Å². The molecule has 1 aliphatic rings. The van der Waals surface area contributed by atoms with E-state index in [1.54, 1.807) is 18.7 Å². The molecule has 0 spiro atoms. The number of carbonyl (C=O) groups is 3. The zero-order chi connectivity index (χ0) is 22.3. The van der Waals surface area contributed by atoms with Crippen molar-refractivity contribution in [3.8, 4) is 0 Å². The van der Waals surface area contributed by atoms with Crippen LogP contribution in [0.2, 0.25) is 0 Å². The molecule has 1 saturated heterocycles. The number of hydrogen-bond donors (Lipinski definition) is 1. The fraction of sp³-hybridized carbons (Fsp3) is 0.609. The van der Waals surface area contributed by atoms with Crippen molar-refractivity contribution in [1.82, 2.24) is 10.2 Å². The standard InChI is InChI=1S/C23H34N2O5/c1-16(2)29-20(26)15-19(17-9-7-6-8-10-17)24-21(27)18-11-13-25(14-12-18)22(28)30-23(3,4)5/h6-10,16,18-19H,11-15H2,1-5H3,(H,24,27)/t19-/m0/s1. The number of nitrogens with zero attached hydrogens (tertiary/aromatic N) is 1. The van der Waals surface area contributed by atoms with Crippen LogP contribution in [0.15, 0.2) is 30.3 Å². The van der Waals surface area contributed by atoms with Gasteiger partial charge >= 0.3 is 12.1 Å². The molecular formula is C23H34N2O5. The number of piperidine rings is 1. The molecule has 30 heavy (non-hydrogen) atoms. The van der Waals surface area contributed by atoms with E-state index in [9.17, 15) is 14.4 Å². The van der Waals surface area contributed by atoms with E-state index in [1.807, 2.05) is 51.1 Å². The van der Waals surface area contributed by atoms with Crippen molar-refractivity contribution in [3.05, 3.63) is 35.9 Å². The van der Waals surface area contributed by atoms with Gasteiger partial charge in [-0.05, 0) is 53.0 Å². The fourth-order valence-electron chi connectivity index (χ4n) is 3.36. The van der Waals surface area contributed by atoms with Crippen LogP contribution in [-0.4, -0.2) is 47.7 Å². The van der Waals surface area contributed by atoms with Gasteiger partial charge in [-0.3, -0.25) is 9.59 Å². The van der Waals surface area contributed by atoms with Gasteiger partial charge < -0.3 is 19.7 Å². The number of nitrogens with one attached hydrogen (secondary N) is 1. The Kier molecular flexibility index (Phi) is 8.26. The number of hydrogen-bond acceptors (Lipinski definition) is 5. The number of ether oxygens (including phenoxy) is 2. The maximum atomic E-state index is 12.9. The molecule has 0 saturated carbocycles. The van der Waals surface area contributed by atoms with Crippen molar-refractivity contribution < 1.29 is 23.9 Å². The van der Waals surface area contributed by atoms with Crippen molar-refractivity contribution in [3.63, 3.8) is 0 Å². The summed E-state index contributed by atoms with van der Waals surface area (Å²) < 4.78 is 10.7. The topological polar surface area (TPSA) is 84.9 Å². The number of likely N-dealkylation sites (tertiary alicyclic amines) is 1. The Morgan fingerprint density at radius 2 is 1.70 bits per heavy atom. The van der Waals surface area contributed by atoms with Crippen molar-refractivity contribution in [2.75, 3.05) is 13.1 Å². The lowest BCUT2D eigenvalue weighted by Crippen LogP contribution is -2.45. The molecule has 2 rings (SSSR count). The number of esters is 1. The van der Waals surface area contributed by atoms with Crippen LogP contribution in [-0.2, 0) is 19.1 Å². The van der Waals surface area contributed by atoms with Gasteiger partial charge in [0.05, 0.1) is 18.6 Å². The number of amides is 2. The zero-order valence-corrected chi connectivity index (χ0v) is 18.6. The van der Waals surface area contributed by atoms with E-state index >= 15 is 0 Å². The first-order valence-electron chi connectivity index (χ1n) is 10.6. The van der Waals surface area contributed by atoms with Crippen LogP contribution in [0.3, 0.4) is 0 Å². The average molecular weight is 419 g/mol. The Balaban J connectivity index is 1.96. The van der Waals surface area contributed by atoms with Crippen LogP contribution in [0.5, 0.6) is 0 Å². The molecule has 7 nitrogen and oxygen atoms in total. The van der Waals surface area contributed by atoms with E-state index in [0.29, 0.717) is 25.9 Å². The third-order valence-electron chi connectivity index (χ3n) is 4.77. The Hall–Kier alpha value is -2.57. The molecule has 0 unspecified atom stereocenters. The maximum absolute atomic E-state index is 12.9. The normalized spacial score (nSPS) is 16.1. The van der Waals surface area contributed by atoms with E-state index in [2.05, 4.69) is 5.32 Å². The quantitative estimate of drug-likeness (QED) is 0.710. The molecule has 0 radical (unpaired) electrons. The predicted octanol–water partition coefficient (Wildman–Crippen LogP) is 3.83. The highest BCUT2D eigenvalue weighted by molar-refractivity contribution is 5.80. The molecule has 7 heteroatoms. The van der Waals surface area contributed by atoms with Crippen molar-refractivity contribution in [1.29, 1.82) is 0 Å². The van der Waals surface area contributed by atoms with Gasteiger partial charge in [0, 0.05) is 19.0 Å². The monoisotopic (exact) mass is 418 g/mol. The second-order valence-corrected chi connectivity index (χ2v) is 8.96. The SMILES string of the molecule is CC(C)OC(=O)C[C@H](NC(=O)C1CCN(C(=O)OC(C)(C)C)CC1)c1ccccc1. The van der Waals surface area contributed by atoms with Gasteiger partial charge in [0.25, 0.3) is 0 Å². The minimum absolute atomic E-state index is 0.0741. The van der Waals surface area contributed by atoms with E-state index in [-0.39, 0.29) is 36.4 Å². The van der Waals surface area contributed by atoms with Crippen LogP contribution < -0.4 is 5.32 Å². The van der Waals surface area contributed by atoms with Crippen LogP contribution in [0.4, 0.5) is 4.79 Å². The van der Waals surface area contributed by atoms with Crippen molar-refractivity contribution >= 4 is 18.0 Å². The van der Waals surface area contributed by atoms with E-state index in [1.165, 1.54) is 0 Å². The average Bonchev–Trinajstić information content (AvgIpc) is 2.66. The molecule has 1 fully saturated rings. The molecule has 1 aliphatic heterocycles. The molecule has 0 aliphatic carbocycles. The van der Waals surface area contributed by atoms with E-state index < -0.39 is 11.6 Å². The summed E-state index contributed by atoms with van der Waals surface area (Å²) in [6.45, 7) is 10.0. The van der Waals surface area contributed by atoms with E-state index in [4.69, 9.17) is 9.47 Å². The first-order chi connectivity index (χ1) is 14.0. The van der Waals surface area contributed by atoms with Gasteiger partial charge in [-0.2, -0.15) is 0 Å². The Bertz CT molecular complexity index is 719. The number of rotatable bonds is 6. The van der Waals surface area contributed by atoms with Crippen LogP contribution in [0.1, 0.15) is 65.5 Å². The third kappa shape index (κ3) is 7.69. The summed E-state index contributed by atoms with van der Waals surface area (Å²) in [5.41, 5.74) is 0.316. The second kappa shape index (κ2) is 10.5. The molecular weight excluding hydrogens is 384 g/mol. The molecule has 0 aromatic heterocycles. The maximum Gasteiger partial charge on any atom is 0.410 e. The summed E-state index contributed by atoms with van der Waals surface area (Å²) >= 11 is 0. The lowest BCUT2D eigenvalue weighted by molar-refractivity contribution is -0.148. The Morgan fingerprint density at radius 3 is 2.23 bits per heavy atom. The van der Waals surface area contributed by atoms with E-state index in [0.717, 1.165) is 5.56 Å². The first kappa shape index (κ1) is 23.7. The van der Waals surface area contributed by atoms with Crippen LogP contribution in [0.25, 0.3) is 0 Å². The molecule has 2 amide bonds. The predicted molar refractivity (Wildman–Crippen MR) is 114 cm³/mol. The Labute approximate surface area is 179 Å². The minimum Gasteiger partial charge on any atom is -0.463 e. The third-order valence-corrected chi connectivity index (χ3v) is 4.77. The van der Waals surface area contributed by atoms with Gasteiger partial charge in [-0.1, -0.05) is 30.3 Å². The molecule has 1 N–H and O–H groups in total.